The van der Waals surface area contributed by atoms with Gasteiger partial charge in [0.15, 0.2) is 0 Å². The van der Waals surface area contributed by atoms with Crippen LogP contribution in [0.1, 0.15) is 51.9 Å². The molecule has 0 amide bonds. The molecule has 0 saturated carbocycles. The van der Waals surface area contributed by atoms with Crippen molar-refractivity contribution in [2.75, 3.05) is 12.8 Å². The van der Waals surface area contributed by atoms with Crippen LogP contribution < -0.4 is 5.32 Å². The Hall–Kier alpha value is 0. The Morgan fingerprint density at radius 3 is 2.61 bits per heavy atom. The van der Waals surface area contributed by atoms with Gasteiger partial charge >= 0.3 is 0 Å². The summed E-state index contributed by atoms with van der Waals surface area (Å²) in [6.07, 6.45) is 3.11. The third-order valence-corrected chi connectivity index (χ3v) is 5.12. The van der Waals surface area contributed by atoms with Crippen LogP contribution >= 0.6 is 27.7 Å². The van der Waals surface area contributed by atoms with E-state index in [-0.39, 0.29) is 0 Å². The maximum absolute atomic E-state index is 4.45. The molecule has 0 spiro atoms. The van der Waals surface area contributed by atoms with Crippen molar-refractivity contribution in [3.63, 3.8) is 0 Å². The molecule has 0 bridgehead atoms. The van der Waals surface area contributed by atoms with Gasteiger partial charge in [0.2, 0.25) is 0 Å². The van der Waals surface area contributed by atoms with Crippen molar-refractivity contribution in [3.05, 3.63) is 16.4 Å². The molecule has 0 saturated heterocycles. The summed E-state index contributed by atoms with van der Waals surface area (Å²) >= 11 is 5.63. The molecule has 0 aliphatic heterocycles. The Morgan fingerprint density at radius 1 is 1.44 bits per heavy atom. The normalized spacial score (nSPS) is 15.1. The second-order valence-corrected chi connectivity index (χ2v) is 7.14. The lowest BCUT2D eigenvalue weighted by Crippen LogP contribution is -2.24. The third-order valence-electron chi connectivity index (χ3n) is 3.08. The average molecular weight is 334 g/mol. The van der Waals surface area contributed by atoms with Gasteiger partial charge in [-0.1, -0.05) is 13.8 Å². The molecule has 18 heavy (non-hydrogen) atoms. The van der Waals surface area contributed by atoms with Crippen LogP contribution in [0.25, 0.3) is 0 Å². The molecule has 0 aliphatic rings. The minimum Gasteiger partial charge on any atom is -0.311 e. The van der Waals surface area contributed by atoms with Crippen LogP contribution in [0, 0.1) is 0 Å². The zero-order valence-electron chi connectivity index (χ0n) is 11.9. The maximum Gasteiger partial charge on any atom is 0.0707 e. The summed E-state index contributed by atoms with van der Waals surface area (Å²) in [5, 5.41) is 8.56. The molecule has 5 heteroatoms. The van der Waals surface area contributed by atoms with Gasteiger partial charge in [-0.05, 0) is 43.2 Å². The molecule has 0 radical (unpaired) electrons. The first kappa shape index (κ1) is 16.1. The van der Waals surface area contributed by atoms with E-state index in [0.717, 1.165) is 10.2 Å². The van der Waals surface area contributed by atoms with E-state index in [1.165, 1.54) is 12.1 Å². The fraction of sp³-hybridized carbons (Fsp3) is 0.769. The Labute approximate surface area is 123 Å². The van der Waals surface area contributed by atoms with E-state index in [2.05, 4.69) is 58.7 Å². The van der Waals surface area contributed by atoms with Crippen molar-refractivity contribution in [2.45, 2.75) is 51.4 Å². The summed E-state index contributed by atoms with van der Waals surface area (Å²) < 4.78 is 3.20. The highest BCUT2D eigenvalue weighted by Gasteiger charge is 2.20. The smallest absolute Gasteiger partial charge is 0.0707 e. The van der Waals surface area contributed by atoms with E-state index in [0.29, 0.717) is 17.3 Å². The SMILES string of the molecule is CCC(C)SCC(NC)c1c(Br)cnn1C(C)C. The maximum atomic E-state index is 4.45. The van der Waals surface area contributed by atoms with Crippen LogP contribution in [0.2, 0.25) is 0 Å². The van der Waals surface area contributed by atoms with Gasteiger partial charge in [-0.25, -0.2) is 0 Å². The largest absolute Gasteiger partial charge is 0.311 e. The highest BCUT2D eigenvalue weighted by molar-refractivity contribution is 9.10. The van der Waals surface area contributed by atoms with E-state index in [1.54, 1.807) is 0 Å². The molecule has 1 aromatic rings. The van der Waals surface area contributed by atoms with E-state index in [1.807, 2.05) is 25.0 Å². The molecule has 0 fully saturated rings. The Bertz CT molecular complexity index is 365. The number of aromatic nitrogens is 2. The summed E-state index contributed by atoms with van der Waals surface area (Å²) in [6, 6.07) is 0.721. The molecule has 3 nitrogen and oxygen atoms in total. The lowest BCUT2D eigenvalue weighted by atomic mass is 10.2. The zero-order valence-corrected chi connectivity index (χ0v) is 14.3. The number of halogens is 1. The molecule has 1 aromatic heterocycles. The van der Waals surface area contributed by atoms with Crippen LogP contribution in [-0.2, 0) is 0 Å². The summed E-state index contributed by atoms with van der Waals surface area (Å²) in [6.45, 7) is 8.85. The van der Waals surface area contributed by atoms with E-state index < -0.39 is 0 Å². The number of hydrogen-bond acceptors (Lipinski definition) is 3. The topological polar surface area (TPSA) is 29.9 Å². The van der Waals surface area contributed by atoms with Crippen LogP contribution in [0.3, 0.4) is 0 Å². The molecule has 1 heterocycles. The quantitative estimate of drug-likeness (QED) is 0.817. The van der Waals surface area contributed by atoms with Gasteiger partial charge < -0.3 is 5.32 Å². The summed E-state index contributed by atoms with van der Waals surface area (Å²) in [5.41, 5.74) is 1.25. The van der Waals surface area contributed by atoms with Gasteiger partial charge in [0.1, 0.15) is 0 Å². The van der Waals surface area contributed by atoms with Crippen molar-refractivity contribution >= 4 is 27.7 Å². The van der Waals surface area contributed by atoms with Crippen molar-refractivity contribution in [2.24, 2.45) is 0 Å². The number of nitrogens with zero attached hydrogens (tertiary/aromatic N) is 2. The lowest BCUT2D eigenvalue weighted by Gasteiger charge is -2.21. The fourth-order valence-electron chi connectivity index (χ4n) is 1.77. The minimum atomic E-state index is 0.336. The van der Waals surface area contributed by atoms with Crippen molar-refractivity contribution < 1.29 is 0 Å². The highest BCUT2D eigenvalue weighted by Crippen LogP contribution is 2.29. The molecule has 0 aliphatic carbocycles. The number of hydrogen-bond donors (Lipinski definition) is 1. The van der Waals surface area contributed by atoms with Crippen LogP contribution in [0.15, 0.2) is 10.7 Å². The first-order valence-electron chi connectivity index (χ1n) is 6.53. The van der Waals surface area contributed by atoms with Crippen LogP contribution in [0.5, 0.6) is 0 Å². The Kier molecular flexibility index (Phi) is 6.74. The van der Waals surface area contributed by atoms with E-state index in [9.17, 15) is 0 Å². The van der Waals surface area contributed by atoms with Gasteiger partial charge in [0, 0.05) is 17.0 Å². The van der Waals surface area contributed by atoms with Gasteiger partial charge in [0.25, 0.3) is 0 Å². The number of thioether (sulfide) groups is 1. The average Bonchev–Trinajstić information content (AvgIpc) is 2.72. The van der Waals surface area contributed by atoms with Gasteiger partial charge in [-0.2, -0.15) is 16.9 Å². The fourth-order valence-corrected chi connectivity index (χ4v) is 3.40. The zero-order chi connectivity index (χ0) is 13.7. The monoisotopic (exact) mass is 333 g/mol. The van der Waals surface area contributed by atoms with Crippen LogP contribution in [0.4, 0.5) is 0 Å². The third kappa shape index (κ3) is 4.00. The Balaban J connectivity index is 2.84. The molecule has 1 N–H and O–H groups in total. The first-order valence-corrected chi connectivity index (χ1v) is 8.37. The van der Waals surface area contributed by atoms with Gasteiger partial charge in [0.05, 0.1) is 22.4 Å². The highest BCUT2D eigenvalue weighted by atomic mass is 79.9. The molecule has 104 valence electrons. The second-order valence-electron chi connectivity index (χ2n) is 4.81. The molecule has 2 atom stereocenters. The van der Waals surface area contributed by atoms with Crippen molar-refractivity contribution in [1.29, 1.82) is 0 Å². The molecule has 0 aromatic carbocycles. The van der Waals surface area contributed by atoms with Crippen molar-refractivity contribution in [1.82, 2.24) is 15.1 Å². The summed E-state index contributed by atoms with van der Waals surface area (Å²) in [7, 11) is 2.02. The molecular weight excluding hydrogens is 310 g/mol. The first-order chi connectivity index (χ1) is 8.51. The summed E-state index contributed by atoms with van der Waals surface area (Å²) in [4.78, 5) is 0. The second kappa shape index (κ2) is 7.56. The molecule has 1 rings (SSSR count). The summed E-state index contributed by atoms with van der Waals surface area (Å²) in [5.74, 6) is 1.07. The van der Waals surface area contributed by atoms with Gasteiger partial charge in [-0.3, -0.25) is 4.68 Å². The van der Waals surface area contributed by atoms with E-state index >= 15 is 0 Å². The molecular formula is C13H24BrN3S. The lowest BCUT2D eigenvalue weighted by molar-refractivity contribution is 0.476. The predicted molar refractivity (Wildman–Crippen MR) is 84.3 cm³/mol. The standard InChI is InChI=1S/C13H24BrN3S/c1-6-10(4)18-8-12(15-5)13-11(14)7-16-17(13)9(2)3/h7,9-10,12,15H,6,8H2,1-5H3. The number of rotatable bonds is 7. The van der Waals surface area contributed by atoms with Gasteiger partial charge in [-0.15, -0.1) is 0 Å². The Morgan fingerprint density at radius 2 is 2.11 bits per heavy atom. The van der Waals surface area contributed by atoms with Crippen molar-refractivity contribution in [3.8, 4) is 0 Å². The molecule has 2 unspecified atom stereocenters. The van der Waals surface area contributed by atoms with E-state index in [4.69, 9.17) is 0 Å². The predicted octanol–water partition coefficient (Wildman–Crippen LogP) is 4.02. The minimum absolute atomic E-state index is 0.336. The van der Waals surface area contributed by atoms with Crippen LogP contribution in [-0.4, -0.2) is 27.8 Å². The number of nitrogens with one attached hydrogen (secondary N) is 1.